The molecule has 0 saturated carbocycles. The molecule has 0 spiro atoms. The van der Waals surface area contributed by atoms with Gasteiger partial charge in [0.2, 0.25) is 5.91 Å². The van der Waals surface area contributed by atoms with Crippen LogP contribution in [-0.2, 0) is 4.79 Å². The van der Waals surface area contributed by atoms with Gasteiger partial charge in [-0.05, 0) is 40.8 Å². The quantitative estimate of drug-likeness (QED) is 0.485. The third kappa shape index (κ3) is 2.95. The summed E-state index contributed by atoms with van der Waals surface area (Å²) in [6.07, 6.45) is 1.28. The Morgan fingerprint density at radius 2 is 2.27 bits per heavy atom. The Labute approximate surface area is 103 Å². The Hall–Kier alpha value is -1.04. The zero-order valence-electron chi connectivity index (χ0n) is 8.44. The molecule has 0 aliphatic carbocycles. The Morgan fingerprint density at radius 3 is 2.87 bits per heavy atom. The smallest absolute Gasteiger partial charge is 0.250 e. The number of amides is 1. The normalized spacial score (nSPS) is 9.47. The van der Waals surface area contributed by atoms with Crippen molar-refractivity contribution in [1.82, 2.24) is 0 Å². The summed E-state index contributed by atoms with van der Waals surface area (Å²) in [6.45, 7) is 3.45. The number of carbonyl (C=O) groups is 1. The molecule has 0 atom stereocenters. The first kappa shape index (κ1) is 12.0. The van der Waals surface area contributed by atoms with Gasteiger partial charge in [-0.2, -0.15) is 0 Å². The van der Waals surface area contributed by atoms with Crippen LogP contribution in [0.5, 0.6) is 5.75 Å². The number of para-hydroxylation sites is 2. The van der Waals surface area contributed by atoms with E-state index in [1.165, 1.54) is 11.0 Å². The van der Waals surface area contributed by atoms with Gasteiger partial charge in [0, 0.05) is 7.05 Å². The minimum absolute atomic E-state index is 0.153. The highest BCUT2D eigenvalue weighted by Crippen LogP contribution is 2.27. The van der Waals surface area contributed by atoms with Gasteiger partial charge in [-0.3, -0.25) is 4.79 Å². The van der Waals surface area contributed by atoms with Crippen LogP contribution >= 0.6 is 22.6 Å². The van der Waals surface area contributed by atoms with E-state index in [-0.39, 0.29) is 5.91 Å². The predicted molar refractivity (Wildman–Crippen MR) is 69.6 cm³/mol. The first-order valence-electron chi connectivity index (χ1n) is 4.38. The molecule has 0 heterocycles. The summed E-state index contributed by atoms with van der Waals surface area (Å²) in [5, 5.41) is 0. The number of halogens is 1. The van der Waals surface area contributed by atoms with Gasteiger partial charge in [0.05, 0.1) is 5.69 Å². The zero-order valence-corrected chi connectivity index (χ0v) is 10.6. The molecule has 0 aliphatic heterocycles. The summed E-state index contributed by atoms with van der Waals surface area (Å²) in [5.41, 5.74) is 0.749. The second kappa shape index (κ2) is 5.75. The number of benzene rings is 1. The number of hydrogen-bond acceptors (Lipinski definition) is 2. The number of rotatable bonds is 4. The van der Waals surface area contributed by atoms with Crippen LogP contribution in [0.1, 0.15) is 0 Å². The van der Waals surface area contributed by atoms with Crippen LogP contribution in [0.3, 0.4) is 0 Å². The minimum Gasteiger partial charge on any atom is -0.481 e. The fraction of sp³-hybridized carbons (Fsp3) is 0.182. The number of alkyl halides is 1. The van der Waals surface area contributed by atoms with Crippen molar-refractivity contribution in [3.05, 3.63) is 36.9 Å². The third-order valence-electron chi connectivity index (χ3n) is 1.94. The Bertz CT molecular complexity index is 365. The molecule has 0 radical (unpaired) electrons. The number of anilines is 1. The SMILES string of the molecule is C=CC(=O)N(C)c1ccccc1OCI. The van der Waals surface area contributed by atoms with E-state index in [2.05, 4.69) is 29.2 Å². The lowest BCUT2D eigenvalue weighted by Gasteiger charge is -2.18. The van der Waals surface area contributed by atoms with Gasteiger partial charge in [-0.15, -0.1) is 0 Å². The fourth-order valence-electron chi connectivity index (χ4n) is 1.17. The van der Waals surface area contributed by atoms with Gasteiger partial charge >= 0.3 is 0 Å². The molecule has 0 unspecified atom stereocenters. The maximum Gasteiger partial charge on any atom is 0.250 e. The van der Waals surface area contributed by atoms with Gasteiger partial charge < -0.3 is 9.64 Å². The molecule has 4 heteroatoms. The van der Waals surface area contributed by atoms with Crippen LogP contribution in [0, 0.1) is 0 Å². The van der Waals surface area contributed by atoms with E-state index in [0.717, 1.165) is 5.69 Å². The number of hydrogen-bond donors (Lipinski definition) is 0. The van der Waals surface area contributed by atoms with E-state index in [9.17, 15) is 4.79 Å². The van der Waals surface area contributed by atoms with Gasteiger partial charge in [-0.1, -0.05) is 18.7 Å². The number of nitrogens with zero attached hydrogens (tertiary/aromatic N) is 1. The Morgan fingerprint density at radius 1 is 1.60 bits per heavy atom. The molecule has 1 aromatic rings. The van der Waals surface area contributed by atoms with E-state index in [1.807, 2.05) is 24.3 Å². The number of likely N-dealkylation sites (N-methyl/N-ethyl adjacent to an activating group) is 1. The molecule has 1 rings (SSSR count). The third-order valence-corrected chi connectivity index (χ3v) is 2.25. The highest BCUT2D eigenvalue weighted by molar-refractivity contribution is 14.1. The van der Waals surface area contributed by atoms with Crippen molar-refractivity contribution in [2.24, 2.45) is 0 Å². The monoisotopic (exact) mass is 317 g/mol. The van der Waals surface area contributed by atoms with Crippen LogP contribution in [0.15, 0.2) is 36.9 Å². The largest absolute Gasteiger partial charge is 0.481 e. The van der Waals surface area contributed by atoms with Gasteiger partial charge in [0.15, 0.2) is 0 Å². The maximum absolute atomic E-state index is 11.4. The van der Waals surface area contributed by atoms with Gasteiger partial charge in [-0.25, -0.2) is 0 Å². The zero-order chi connectivity index (χ0) is 11.3. The Kier molecular flexibility index (Phi) is 4.61. The average molecular weight is 317 g/mol. The summed E-state index contributed by atoms with van der Waals surface area (Å²) in [5.74, 6) is 0.545. The van der Waals surface area contributed by atoms with E-state index in [0.29, 0.717) is 10.4 Å². The standard InChI is InChI=1S/C11H12INO2/c1-3-11(14)13(2)9-6-4-5-7-10(9)15-8-12/h3-7H,1,8H2,2H3. The second-order valence-electron chi connectivity index (χ2n) is 2.82. The van der Waals surface area contributed by atoms with Gasteiger partial charge in [0.25, 0.3) is 0 Å². The topological polar surface area (TPSA) is 29.5 Å². The number of carbonyl (C=O) groups excluding carboxylic acids is 1. The summed E-state index contributed by atoms with van der Waals surface area (Å²) in [4.78, 5) is 12.9. The molecule has 0 saturated heterocycles. The summed E-state index contributed by atoms with van der Waals surface area (Å²) in [6, 6.07) is 7.41. The van der Waals surface area contributed by atoms with Crippen molar-refractivity contribution in [3.63, 3.8) is 0 Å². The molecule has 1 aromatic carbocycles. The van der Waals surface area contributed by atoms with Crippen molar-refractivity contribution >= 4 is 34.2 Å². The lowest BCUT2D eigenvalue weighted by Crippen LogP contribution is -2.24. The molecule has 1 amide bonds. The summed E-state index contributed by atoms with van der Waals surface area (Å²) >= 11 is 2.11. The molecule has 0 bridgehead atoms. The first-order valence-corrected chi connectivity index (χ1v) is 5.91. The van der Waals surface area contributed by atoms with Crippen LogP contribution in [0.25, 0.3) is 0 Å². The van der Waals surface area contributed by atoms with Crippen molar-refractivity contribution in [2.45, 2.75) is 0 Å². The molecule has 0 aromatic heterocycles. The maximum atomic E-state index is 11.4. The average Bonchev–Trinajstić information content (AvgIpc) is 2.28. The van der Waals surface area contributed by atoms with Gasteiger partial charge in [0.1, 0.15) is 10.4 Å². The van der Waals surface area contributed by atoms with E-state index in [1.54, 1.807) is 7.05 Å². The van der Waals surface area contributed by atoms with E-state index >= 15 is 0 Å². The summed E-state index contributed by atoms with van der Waals surface area (Å²) in [7, 11) is 1.69. The van der Waals surface area contributed by atoms with Crippen LogP contribution in [0.4, 0.5) is 5.69 Å². The van der Waals surface area contributed by atoms with E-state index < -0.39 is 0 Å². The lowest BCUT2D eigenvalue weighted by molar-refractivity contribution is -0.113. The van der Waals surface area contributed by atoms with Crippen molar-refractivity contribution < 1.29 is 9.53 Å². The molecule has 80 valence electrons. The molecule has 3 nitrogen and oxygen atoms in total. The summed E-state index contributed by atoms with van der Waals surface area (Å²) < 4.78 is 5.96. The molecule has 15 heavy (non-hydrogen) atoms. The highest BCUT2D eigenvalue weighted by atomic mass is 127. The highest BCUT2D eigenvalue weighted by Gasteiger charge is 2.11. The fourth-order valence-corrected chi connectivity index (χ4v) is 1.51. The molecule has 0 fully saturated rings. The minimum atomic E-state index is -0.153. The molecular formula is C11H12INO2. The predicted octanol–water partition coefficient (Wildman–Crippen LogP) is 2.61. The van der Waals surface area contributed by atoms with Crippen molar-refractivity contribution in [1.29, 1.82) is 0 Å². The van der Waals surface area contributed by atoms with Crippen LogP contribution in [0.2, 0.25) is 0 Å². The number of ether oxygens (including phenoxy) is 1. The molecule has 0 aliphatic rings. The lowest BCUT2D eigenvalue weighted by atomic mass is 10.2. The molecule has 0 N–H and O–H groups in total. The van der Waals surface area contributed by atoms with Crippen molar-refractivity contribution in [3.8, 4) is 5.75 Å². The first-order chi connectivity index (χ1) is 7.20. The molecular weight excluding hydrogens is 305 g/mol. The van der Waals surface area contributed by atoms with Crippen LogP contribution in [-0.4, -0.2) is 17.6 Å². The second-order valence-corrected chi connectivity index (χ2v) is 3.45. The van der Waals surface area contributed by atoms with Crippen molar-refractivity contribution in [2.75, 3.05) is 16.6 Å². The Balaban J connectivity index is 3.01. The van der Waals surface area contributed by atoms with E-state index in [4.69, 9.17) is 4.74 Å². The van der Waals surface area contributed by atoms with Crippen LogP contribution < -0.4 is 9.64 Å².